The van der Waals surface area contributed by atoms with E-state index in [0.29, 0.717) is 0 Å². The molecule has 0 aromatic heterocycles. The van der Waals surface area contributed by atoms with Crippen molar-refractivity contribution in [3.63, 3.8) is 0 Å². The Morgan fingerprint density at radius 1 is 1.65 bits per heavy atom. The molecule has 1 aliphatic carbocycles. The summed E-state index contributed by atoms with van der Waals surface area (Å²) in [6.07, 6.45) is -3.40. The topological polar surface area (TPSA) is 72.5 Å². The average Bonchev–Trinajstić information content (AvgIpc) is 2.54. The molecule has 0 amide bonds. The van der Waals surface area contributed by atoms with Crippen LogP contribution in [-0.2, 0) is 19.6 Å². The predicted molar refractivity (Wildman–Crippen MR) is 86.3 cm³/mol. The number of hydrogen-bond acceptors (Lipinski definition) is 4. The Morgan fingerprint density at radius 3 is 3.04 bits per heavy atom. The first-order valence-corrected chi connectivity index (χ1v) is 8.58. The van der Waals surface area contributed by atoms with E-state index in [1.165, 1.54) is 6.92 Å². The van der Waals surface area contributed by atoms with Gasteiger partial charge < -0.3 is 4.74 Å². The molecule has 0 spiro atoms. The van der Waals surface area contributed by atoms with Crippen molar-refractivity contribution < 1.29 is 27.8 Å². The van der Waals surface area contributed by atoms with Gasteiger partial charge in [0.1, 0.15) is 11.0 Å². The molecule has 0 fully saturated rings. The molecule has 23 heavy (non-hydrogen) atoms. The zero-order valence-corrected chi connectivity index (χ0v) is 13.7. The molecule has 1 atom stereocenters. The van der Waals surface area contributed by atoms with Crippen molar-refractivity contribution in [2.45, 2.75) is 31.4 Å². The molecule has 1 aliphatic rings. The van der Waals surface area contributed by atoms with Gasteiger partial charge in [-0.05, 0) is 44.3 Å². The van der Waals surface area contributed by atoms with E-state index in [0.717, 1.165) is 18.2 Å². The number of anilines is 1. The minimum atomic E-state index is -4.97. The first kappa shape index (κ1) is 12.8. The molecule has 2 rings (SSSR count). The minimum Gasteiger partial charge on any atom is -0.463 e. The van der Waals surface area contributed by atoms with Crippen LogP contribution in [-0.4, -0.2) is 26.2 Å². The highest BCUT2D eigenvalue weighted by molar-refractivity contribution is 7.93. The number of allylic oxidation sites excluding steroid dienone is 1. The van der Waals surface area contributed by atoms with Crippen molar-refractivity contribution >= 4 is 33.3 Å². The first-order valence-electron chi connectivity index (χ1n) is 8.72. The van der Waals surface area contributed by atoms with Gasteiger partial charge in [0.05, 0.1) is 25.6 Å². The van der Waals surface area contributed by atoms with Crippen LogP contribution in [0.2, 0.25) is 5.02 Å². The number of benzene rings is 1. The van der Waals surface area contributed by atoms with E-state index >= 15 is 0 Å². The molecule has 1 aromatic carbocycles. The molecule has 0 aliphatic heterocycles. The molecule has 8 heteroatoms. The van der Waals surface area contributed by atoms with Gasteiger partial charge in [-0.3, -0.25) is 4.72 Å². The third-order valence-electron chi connectivity index (χ3n) is 2.86. The van der Waals surface area contributed by atoms with Crippen LogP contribution in [0.15, 0.2) is 29.8 Å². The van der Waals surface area contributed by atoms with E-state index in [1.54, 1.807) is 0 Å². The zero-order chi connectivity index (χ0) is 20.6. The maximum Gasteiger partial charge on any atom is 0.335 e. The van der Waals surface area contributed by atoms with E-state index in [2.05, 4.69) is 0 Å². The Morgan fingerprint density at radius 2 is 2.39 bits per heavy atom. The molecular formula is C15H17ClFNO4S. The van der Waals surface area contributed by atoms with Gasteiger partial charge >= 0.3 is 5.97 Å². The van der Waals surface area contributed by atoms with Crippen LogP contribution in [0.4, 0.5) is 10.1 Å². The third-order valence-corrected chi connectivity index (χ3v) is 4.55. The monoisotopic (exact) mass is 365 g/mol. The molecule has 1 aromatic rings. The van der Waals surface area contributed by atoms with Crippen molar-refractivity contribution in [1.82, 2.24) is 0 Å². The van der Waals surface area contributed by atoms with E-state index in [4.69, 9.17) is 21.8 Å². The van der Waals surface area contributed by atoms with Gasteiger partial charge in [-0.15, -0.1) is 0 Å². The van der Waals surface area contributed by atoms with Crippen molar-refractivity contribution in [1.29, 1.82) is 0 Å². The number of esters is 1. The smallest absolute Gasteiger partial charge is 0.335 e. The molecule has 0 saturated carbocycles. The van der Waals surface area contributed by atoms with Gasteiger partial charge in [-0.2, -0.15) is 0 Å². The highest BCUT2D eigenvalue weighted by atomic mass is 35.5. The highest BCUT2D eigenvalue weighted by Crippen LogP contribution is 2.30. The first-order chi connectivity index (χ1) is 12.4. The van der Waals surface area contributed by atoms with Crippen molar-refractivity contribution in [3.8, 4) is 0 Å². The summed E-state index contributed by atoms with van der Waals surface area (Å²) >= 11 is 5.81. The van der Waals surface area contributed by atoms with E-state index < -0.39 is 51.5 Å². The minimum absolute atomic E-state index is 0.147. The molecule has 0 heterocycles. The van der Waals surface area contributed by atoms with Crippen LogP contribution >= 0.6 is 11.6 Å². The standard InChI is InChI=1S/C15H17ClFNO4S/c1-2-22-15(19)11-5-3-4-6-14(11)23(20,21)18-13-8-7-10(17)9-12(13)16/h5,7-9,14,18H,2-4,6H2,1H3/t14-/m1/s1/i5D,6D2,14D. The van der Waals surface area contributed by atoms with E-state index in [1.807, 2.05) is 4.72 Å². The number of nitrogens with one attached hydrogen (secondary N) is 1. The number of ether oxygens (including phenoxy) is 1. The summed E-state index contributed by atoms with van der Waals surface area (Å²) in [5.41, 5.74) is -1.19. The molecule has 5 nitrogen and oxygen atoms in total. The summed E-state index contributed by atoms with van der Waals surface area (Å²) < 4.78 is 78.4. The van der Waals surface area contributed by atoms with Gasteiger partial charge in [0.25, 0.3) is 0 Å². The lowest BCUT2D eigenvalue weighted by Crippen LogP contribution is -2.34. The molecule has 1 N–H and O–H groups in total. The molecule has 0 radical (unpaired) electrons. The molecule has 0 bridgehead atoms. The summed E-state index contributed by atoms with van der Waals surface area (Å²) in [5, 5.41) is -3.48. The van der Waals surface area contributed by atoms with Gasteiger partial charge in [-0.1, -0.05) is 17.7 Å². The van der Waals surface area contributed by atoms with Crippen LogP contribution in [0.1, 0.15) is 31.6 Å². The fourth-order valence-electron chi connectivity index (χ4n) is 1.90. The van der Waals surface area contributed by atoms with Gasteiger partial charge in [0, 0.05) is 2.74 Å². The largest absolute Gasteiger partial charge is 0.463 e. The average molecular weight is 366 g/mol. The van der Waals surface area contributed by atoms with Crippen LogP contribution in [0.5, 0.6) is 0 Å². The summed E-state index contributed by atoms with van der Waals surface area (Å²) in [7, 11) is -4.97. The van der Waals surface area contributed by atoms with Gasteiger partial charge in [-0.25, -0.2) is 17.6 Å². The second-order valence-electron chi connectivity index (χ2n) is 4.51. The lowest BCUT2D eigenvalue weighted by atomic mass is 9.99. The second kappa shape index (κ2) is 7.31. The van der Waals surface area contributed by atoms with Crippen molar-refractivity contribution in [2.24, 2.45) is 0 Å². The Balaban J connectivity index is 2.63. The van der Waals surface area contributed by atoms with Crippen LogP contribution in [0, 0.1) is 5.82 Å². The normalized spacial score (nSPS) is 26.6. The van der Waals surface area contributed by atoms with Crippen LogP contribution in [0.25, 0.3) is 0 Å². The zero-order valence-electron chi connectivity index (χ0n) is 16.2. The Labute approximate surface area is 145 Å². The van der Waals surface area contributed by atoms with Gasteiger partial charge in [0.15, 0.2) is 0 Å². The quantitative estimate of drug-likeness (QED) is 0.813. The number of hydrogen-bond donors (Lipinski definition) is 1. The Hall–Kier alpha value is -1.60. The number of sulfonamides is 1. The van der Waals surface area contributed by atoms with Crippen LogP contribution in [0.3, 0.4) is 0 Å². The Kier molecular flexibility index (Phi) is 4.06. The molecule has 0 saturated heterocycles. The van der Waals surface area contributed by atoms with E-state index in [-0.39, 0.29) is 23.7 Å². The summed E-state index contributed by atoms with van der Waals surface area (Å²) in [6.45, 7) is 1.31. The fraction of sp³-hybridized carbons (Fsp3) is 0.400. The summed E-state index contributed by atoms with van der Waals surface area (Å²) in [4.78, 5) is 12.3. The fourth-order valence-corrected chi connectivity index (χ4v) is 3.45. The maximum atomic E-state index is 13.2. The van der Waals surface area contributed by atoms with Gasteiger partial charge in [0.2, 0.25) is 10.0 Å². The molecule has 126 valence electrons. The summed E-state index contributed by atoms with van der Waals surface area (Å²) in [5.74, 6) is -1.98. The van der Waals surface area contributed by atoms with Crippen molar-refractivity contribution in [3.05, 3.63) is 40.7 Å². The lowest BCUT2D eigenvalue weighted by molar-refractivity contribution is -0.138. The second-order valence-corrected chi connectivity index (χ2v) is 6.53. The molecule has 0 unspecified atom stereocenters. The maximum absolute atomic E-state index is 13.2. The van der Waals surface area contributed by atoms with Crippen molar-refractivity contribution in [2.75, 3.05) is 11.3 Å². The summed E-state index contributed by atoms with van der Waals surface area (Å²) in [6, 6.07) is 2.28. The Bertz CT molecular complexity index is 909. The number of carbonyl (C=O) groups is 1. The molecular weight excluding hydrogens is 345 g/mol. The number of halogens is 2. The van der Waals surface area contributed by atoms with E-state index in [9.17, 15) is 17.6 Å². The number of carbonyl (C=O) groups excluding carboxylic acids is 1. The SMILES string of the molecule is [2H]C1=C(C(=O)OCC)[C@]([2H])(S(=O)(=O)Nc2ccc(F)cc2Cl)C([2H])([2H])CC1. The third kappa shape index (κ3) is 4.23. The highest BCUT2D eigenvalue weighted by Gasteiger charge is 2.35. The predicted octanol–water partition coefficient (Wildman–Crippen LogP) is 3.26. The van der Waals surface area contributed by atoms with Crippen LogP contribution < -0.4 is 4.72 Å². The number of rotatable bonds is 5. The lowest BCUT2D eigenvalue weighted by Gasteiger charge is -2.24.